The Morgan fingerprint density at radius 1 is 1.09 bits per heavy atom. The number of piperazine rings is 1. The molecule has 0 bridgehead atoms. The standard InChI is InChI=1S/C23H27F2N3O2.2ClH/c1-27(15-16-11-19(24)21(30-2)20(25)12-16)22(29)23(28-9-7-26-8-10-28)13-17-5-3-4-6-18(17)14-23;;/h3-6,11-12,26H,7-10,13-15H2,1-2H3;2*1H. The Balaban J connectivity index is 0.00000181. The van der Waals surface area contributed by atoms with Gasteiger partial charge in [0.2, 0.25) is 5.91 Å². The van der Waals surface area contributed by atoms with Crippen LogP contribution in [0.2, 0.25) is 0 Å². The monoisotopic (exact) mass is 487 g/mol. The summed E-state index contributed by atoms with van der Waals surface area (Å²) in [6.07, 6.45) is 1.30. The van der Waals surface area contributed by atoms with E-state index in [0.717, 1.165) is 26.2 Å². The predicted molar refractivity (Wildman–Crippen MR) is 125 cm³/mol. The smallest absolute Gasteiger partial charge is 0.243 e. The first-order valence-corrected chi connectivity index (χ1v) is 10.2. The Morgan fingerprint density at radius 3 is 2.12 bits per heavy atom. The summed E-state index contributed by atoms with van der Waals surface area (Å²) >= 11 is 0. The summed E-state index contributed by atoms with van der Waals surface area (Å²) in [5, 5.41) is 3.35. The van der Waals surface area contributed by atoms with Crippen LogP contribution in [-0.4, -0.2) is 61.6 Å². The molecule has 1 amide bonds. The molecule has 4 rings (SSSR count). The van der Waals surface area contributed by atoms with Crippen LogP contribution in [0, 0.1) is 11.6 Å². The highest BCUT2D eigenvalue weighted by molar-refractivity contribution is 5.88. The zero-order chi connectivity index (χ0) is 21.3. The molecule has 1 N–H and O–H groups in total. The van der Waals surface area contributed by atoms with Gasteiger partial charge in [0.25, 0.3) is 0 Å². The van der Waals surface area contributed by atoms with Gasteiger partial charge in [0, 0.05) is 52.6 Å². The maximum absolute atomic E-state index is 14.1. The summed E-state index contributed by atoms with van der Waals surface area (Å²) in [4.78, 5) is 17.7. The SMILES string of the molecule is COc1c(F)cc(CN(C)C(=O)C2(N3CCNCC3)Cc3ccccc3C2)cc1F.Cl.Cl. The van der Waals surface area contributed by atoms with Gasteiger partial charge in [0.05, 0.1) is 7.11 Å². The van der Waals surface area contributed by atoms with Crippen LogP contribution in [0.25, 0.3) is 0 Å². The Bertz CT molecular complexity index is 907. The number of amides is 1. The number of ether oxygens (including phenoxy) is 1. The second-order valence-electron chi connectivity index (χ2n) is 8.14. The lowest BCUT2D eigenvalue weighted by Crippen LogP contribution is -2.63. The van der Waals surface area contributed by atoms with Crippen molar-refractivity contribution in [1.29, 1.82) is 0 Å². The lowest BCUT2D eigenvalue weighted by atomic mass is 9.90. The average molecular weight is 488 g/mol. The van der Waals surface area contributed by atoms with Crippen molar-refractivity contribution >= 4 is 30.7 Å². The molecule has 1 aliphatic carbocycles. The highest BCUT2D eigenvalue weighted by Crippen LogP contribution is 2.37. The van der Waals surface area contributed by atoms with Gasteiger partial charge in [0.1, 0.15) is 5.54 Å². The first-order chi connectivity index (χ1) is 14.4. The maximum Gasteiger partial charge on any atom is 0.243 e. The number of rotatable bonds is 5. The Kier molecular flexibility index (Phi) is 8.88. The fourth-order valence-electron chi connectivity index (χ4n) is 4.80. The predicted octanol–water partition coefficient (Wildman–Crippen LogP) is 3.22. The van der Waals surface area contributed by atoms with Crippen molar-refractivity contribution in [3.05, 3.63) is 64.7 Å². The molecule has 0 atom stereocenters. The van der Waals surface area contributed by atoms with E-state index < -0.39 is 22.9 Å². The van der Waals surface area contributed by atoms with Crippen LogP contribution in [0.3, 0.4) is 0 Å². The Labute approximate surface area is 199 Å². The third kappa shape index (κ3) is 4.86. The van der Waals surface area contributed by atoms with Crippen LogP contribution < -0.4 is 10.1 Å². The van der Waals surface area contributed by atoms with Gasteiger partial charge in [0.15, 0.2) is 17.4 Å². The number of halogens is 4. The normalized spacial score (nSPS) is 17.0. The molecule has 32 heavy (non-hydrogen) atoms. The van der Waals surface area contributed by atoms with E-state index in [1.54, 1.807) is 11.9 Å². The minimum atomic E-state index is -0.765. The number of hydrogen-bond donors (Lipinski definition) is 1. The van der Waals surface area contributed by atoms with Gasteiger partial charge in [-0.1, -0.05) is 24.3 Å². The summed E-state index contributed by atoms with van der Waals surface area (Å²) in [6.45, 7) is 3.38. The van der Waals surface area contributed by atoms with Gasteiger partial charge in [-0.05, 0) is 28.8 Å². The summed E-state index contributed by atoms with van der Waals surface area (Å²) in [5.74, 6) is -1.95. The van der Waals surface area contributed by atoms with Gasteiger partial charge in [-0.25, -0.2) is 8.78 Å². The number of carbonyl (C=O) groups excluding carboxylic acids is 1. The molecule has 2 aliphatic rings. The summed E-state index contributed by atoms with van der Waals surface area (Å²) in [6, 6.07) is 10.6. The molecular weight excluding hydrogens is 459 g/mol. The van der Waals surface area contributed by atoms with E-state index in [2.05, 4.69) is 22.3 Å². The molecule has 176 valence electrons. The van der Waals surface area contributed by atoms with Crippen LogP contribution in [-0.2, 0) is 24.2 Å². The van der Waals surface area contributed by atoms with Crippen LogP contribution in [0.1, 0.15) is 16.7 Å². The van der Waals surface area contributed by atoms with E-state index in [1.807, 2.05) is 12.1 Å². The lowest BCUT2D eigenvalue weighted by molar-refractivity contribution is -0.144. The van der Waals surface area contributed by atoms with E-state index in [0.29, 0.717) is 18.4 Å². The average Bonchev–Trinajstić information content (AvgIpc) is 3.14. The van der Waals surface area contributed by atoms with Crippen LogP contribution in [0.4, 0.5) is 8.78 Å². The molecule has 1 saturated heterocycles. The molecule has 5 nitrogen and oxygen atoms in total. The fourth-order valence-corrected chi connectivity index (χ4v) is 4.80. The number of fused-ring (bicyclic) bond motifs is 1. The molecule has 0 unspecified atom stereocenters. The molecule has 0 spiro atoms. The fraction of sp³-hybridized carbons (Fsp3) is 0.435. The molecule has 0 radical (unpaired) electrons. The van der Waals surface area contributed by atoms with Crippen LogP contribution >= 0.6 is 24.8 Å². The summed E-state index contributed by atoms with van der Waals surface area (Å²) in [7, 11) is 2.93. The van der Waals surface area contributed by atoms with E-state index in [9.17, 15) is 13.6 Å². The van der Waals surface area contributed by atoms with E-state index >= 15 is 0 Å². The molecule has 9 heteroatoms. The Hall–Kier alpha value is -1.93. The minimum Gasteiger partial charge on any atom is -0.491 e. The molecule has 0 aromatic heterocycles. The number of carbonyl (C=O) groups is 1. The lowest BCUT2D eigenvalue weighted by Gasteiger charge is -2.44. The second-order valence-corrected chi connectivity index (χ2v) is 8.14. The second kappa shape index (κ2) is 10.8. The largest absolute Gasteiger partial charge is 0.491 e. The molecule has 2 aromatic carbocycles. The van der Waals surface area contributed by atoms with Gasteiger partial charge >= 0.3 is 0 Å². The van der Waals surface area contributed by atoms with Crippen molar-refractivity contribution in [3.63, 3.8) is 0 Å². The number of methoxy groups -OCH3 is 1. The zero-order valence-electron chi connectivity index (χ0n) is 18.2. The maximum atomic E-state index is 14.1. The first kappa shape index (κ1) is 26.3. The molecule has 0 saturated carbocycles. The van der Waals surface area contributed by atoms with E-state index in [1.165, 1.54) is 30.4 Å². The number of nitrogens with one attached hydrogen (secondary N) is 1. The highest BCUT2D eigenvalue weighted by Gasteiger charge is 2.49. The summed E-state index contributed by atoms with van der Waals surface area (Å²) in [5.41, 5.74) is 2.12. The molecule has 2 aromatic rings. The van der Waals surface area contributed by atoms with Gasteiger partial charge < -0.3 is 15.0 Å². The Morgan fingerprint density at radius 2 is 1.62 bits per heavy atom. The van der Waals surface area contributed by atoms with Crippen molar-refractivity contribution < 1.29 is 18.3 Å². The zero-order valence-corrected chi connectivity index (χ0v) is 19.8. The van der Waals surface area contributed by atoms with Crippen LogP contribution in [0.15, 0.2) is 36.4 Å². The summed E-state index contributed by atoms with van der Waals surface area (Å²) < 4.78 is 33.0. The van der Waals surface area contributed by atoms with E-state index in [4.69, 9.17) is 4.74 Å². The third-order valence-corrected chi connectivity index (χ3v) is 6.23. The molecule has 1 heterocycles. The first-order valence-electron chi connectivity index (χ1n) is 10.2. The number of nitrogens with zero attached hydrogens (tertiary/aromatic N) is 2. The van der Waals surface area contributed by atoms with E-state index in [-0.39, 0.29) is 37.3 Å². The third-order valence-electron chi connectivity index (χ3n) is 6.23. The number of hydrogen-bond acceptors (Lipinski definition) is 4. The van der Waals surface area contributed by atoms with Crippen LogP contribution in [0.5, 0.6) is 5.75 Å². The van der Waals surface area contributed by atoms with Crippen molar-refractivity contribution in [2.45, 2.75) is 24.9 Å². The van der Waals surface area contributed by atoms with Gasteiger partial charge in [-0.3, -0.25) is 9.69 Å². The minimum absolute atomic E-state index is 0. The number of likely N-dealkylation sites (N-methyl/N-ethyl adjacent to an activating group) is 1. The number of benzene rings is 2. The highest BCUT2D eigenvalue weighted by atomic mass is 35.5. The van der Waals surface area contributed by atoms with Crippen molar-refractivity contribution in [3.8, 4) is 5.75 Å². The molecule has 1 aliphatic heterocycles. The quantitative estimate of drug-likeness (QED) is 0.703. The van der Waals surface area contributed by atoms with Crippen molar-refractivity contribution in [2.75, 3.05) is 40.3 Å². The van der Waals surface area contributed by atoms with Gasteiger partial charge in [-0.15, -0.1) is 24.8 Å². The topological polar surface area (TPSA) is 44.8 Å². The van der Waals surface area contributed by atoms with Crippen molar-refractivity contribution in [1.82, 2.24) is 15.1 Å². The molecule has 1 fully saturated rings. The van der Waals surface area contributed by atoms with Crippen molar-refractivity contribution in [2.24, 2.45) is 0 Å². The molecular formula is C23H29Cl2F2N3O2. The van der Waals surface area contributed by atoms with Gasteiger partial charge in [-0.2, -0.15) is 0 Å².